The number of carbonyl (C=O) groups excluding carboxylic acids is 1. The third kappa shape index (κ3) is 7.35. The second kappa shape index (κ2) is 11.5. The van der Waals surface area contributed by atoms with Gasteiger partial charge in [0.15, 0.2) is 0 Å². The monoisotopic (exact) mass is 441 g/mol. The standard InChI is InChI=1S/C26H39N3O3/c1-5-6-7-8-9-10-12-20-14-16-21(17-15-20)24-27-23(32-28-24)19-22-13-11-18-29(22)25(30)31-26(2,3)4/h14-17,22H,5-13,18-19H2,1-4H3/t22-/m0/s1. The molecule has 2 heterocycles. The fourth-order valence-corrected chi connectivity index (χ4v) is 4.20. The van der Waals surface area contributed by atoms with Crippen LogP contribution in [-0.4, -0.2) is 39.3 Å². The zero-order chi connectivity index (χ0) is 23.0. The molecule has 1 saturated heterocycles. The minimum absolute atomic E-state index is 0.0397. The average Bonchev–Trinajstić information content (AvgIpc) is 3.40. The molecule has 0 unspecified atom stereocenters. The normalized spacial score (nSPS) is 16.5. The van der Waals surface area contributed by atoms with Gasteiger partial charge in [0.2, 0.25) is 11.7 Å². The van der Waals surface area contributed by atoms with Gasteiger partial charge in [0.1, 0.15) is 5.60 Å². The van der Waals surface area contributed by atoms with Crippen molar-refractivity contribution in [1.82, 2.24) is 15.0 Å². The Morgan fingerprint density at radius 1 is 1.12 bits per heavy atom. The highest BCUT2D eigenvalue weighted by Gasteiger charge is 2.33. The molecule has 1 aromatic carbocycles. The number of rotatable bonds is 10. The summed E-state index contributed by atoms with van der Waals surface area (Å²) in [6, 6.07) is 8.52. The lowest BCUT2D eigenvalue weighted by atomic mass is 10.0. The lowest BCUT2D eigenvalue weighted by Crippen LogP contribution is -2.40. The van der Waals surface area contributed by atoms with Gasteiger partial charge in [0.05, 0.1) is 0 Å². The van der Waals surface area contributed by atoms with Gasteiger partial charge in [-0.3, -0.25) is 0 Å². The first-order chi connectivity index (χ1) is 15.4. The molecule has 0 aliphatic carbocycles. The summed E-state index contributed by atoms with van der Waals surface area (Å²) in [6.45, 7) is 8.62. The van der Waals surface area contributed by atoms with Gasteiger partial charge >= 0.3 is 6.09 Å². The van der Waals surface area contributed by atoms with Crippen LogP contribution in [0.2, 0.25) is 0 Å². The molecular weight excluding hydrogens is 402 g/mol. The third-order valence-electron chi connectivity index (χ3n) is 5.91. The maximum atomic E-state index is 12.5. The number of nitrogens with zero attached hydrogens (tertiary/aromatic N) is 3. The lowest BCUT2D eigenvalue weighted by Gasteiger charge is -2.28. The van der Waals surface area contributed by atoms with E-state index < -0.39 is 5.60 Å². The van der Waals surface area contributed by atoms with E-state index in [-0.39, 0.29) is 12.1 Å². The largest absolute Gasteiger partial charge is 0.444 e. The topological polar surface area (TPSA) is 68.5 Å². The summed E-state index contributed by atoms with van der Waals surface area (Å²) in [4.78, 5) is 18.9. The molecule has 0 radical (unpaired) electrons. The predicted octanol–water partition coefficient (Wildman–Crippen LogP) is 6.58. The van der Waals surface area contributed by atoms with Gasteiger partial charge in [-0.25, -0.2) is 4.79 Å². The number of ether oxygens (including phenoxy) is 1. The van der Waals surface area contributed by atoms with Crippen molar-refractivity contribution in [3.05, 3.63) is 35.7 Å². The highest BCUT2D eigenvalue weighted by molar-refractivity contribution is 5.69. The number of aromatic nitrogens is 2. The van der Waals surface area contributed by atoms with Gasteiger partial charge in [-0.2, -0.15) is 4.98 Å². The van der Waals surface area contributed by atoms with Crippen LogP contribution in [-0.2, 0) is 17.6 Å². The highest BCUT2D eigenvalue weighted by atomic mass is 16.6. The van der Waals surface area contributed by atoms with E-state index in [1.54, 1.807) is 4.90 Å². The molecule has 6 nitrogen and oxygen atoms in total. The summed E-state index contributed by atoms with van der Waals surface area (Å²) in [5, 5.41) is 4.17. The van der Waals surface area contributed by atoms with Crippen LogP contribution in [0.15, 0.2) is 28.8 Å². The molecular formula is C26H39N3O3. The summed E-state index contributed by atoms with van der Waals surface area (Å²) < 4.78 is 11.1. The van der Waals surface area contributed by atoms with Gasteiger partial charge in [0.25, 0.3) is 0 Å². The number of aryl methyl sites for hydroxylation is 1. The maximum Gasteiger partial charge on any atom is 0.410 e. The fraction of sp³-hybridized carbons (Fsp3) is 0.654. The molecule has 6 heteroatoms. The van der Waals surface area contributed by atoms with Crippen LogP contribution in [0.1, 0.15) is 90.5 Å². The molecule has 1 fully saturated rings. The van der Waals surface area contributed by atoms with Gasteiger partial charge in [-0.15, -0.1) is 0 Å². The first-order valence-electron chi connectivity index (χ1n) is 12.3. The third-order valence-corrected chi connectivity index (χ3v) is 5.91. The number of hydrogen-bond donors (Lipinski definition) is 0. The van der Waals surface area contributed by atoms with E-state index in [1.807, 2.05) is 20.8 Å². The number of carbonyl (C=O) groups is 1. The molecule has 0 saturated carbocycles. The van der Waals surface area contributed by atoms with Crippen LogP contribution in [0.3, 0.4) is 0 Å². The Labute approximate surface area is 192 Å². The van der Waals surface area contributed by atoms with Crippen molar-refractivity contribution in [2.45, 2.75) is 104 Å². The van der Waals surface area contributed by atoms with E-state index in [4.69, 9.17) is 9.26 Å². The van der Waals surface area contributed by atoms with Crippen LogP contribution in [0, 0.1) is 0 Å². The van der Waals surface area contributed by atoms with Crippen LogP contribution in [0.4, 0.5) is 4.79 Å². The van der Waals surface area contributed by atoms with Gasteiger partial charge < -0.3 is 14.2 Å². The number of amides is 1. The zero-order valence-corrected chi connectivity index (χ0v) is 20.2. The Kier molecular flexibility index (Phi) is 8.71. The summed E-state index contributed by atoms with van der Waals surface area (Å²) in [7, 11) is 0. The molecule has 3 rings (SSSR count). The molecule has 1 aromatic heterocycles. The SMILES string of the molecule is CCCCCCCCc1ccc(-c2noc(C[C@@H]3CCCN3C(=O)OC(C)(C)C)n2)cc1. The first-order valence-corrected chi connectivity index (χ1v) is 12.3. The molecule has 176 valence electrons. The molecule has 1 atom stereocenters. The van der Waals surface area contributed by atoms with Gasteiger partial charge in [-0.05, 0) is 52.0 Å². The number of likely N-dealkylation sites (tertiary alicyclic amines) is 1. The van der Waals surface area contributed by atoms with Crippen LogP contribution in [0.5, 0.6) is 0 Å². The second-order valence-corrected chi connectivity index (χ2v) is 9.90. The summed E-state index contributed by atoms with van der Waals surface area (Å²) in [5.41, 5.74) is 1.82. The molecule has 0 spiro atoms. The fourth-order valence-electron chi connectivity index (χ4n) is 4.20. The molecule has 0 bridgehead atoms. The van der Waals surface area contributed by atoms with E-state index in [9.17, 15) is 4.79 Å². The highest BCUT2D eigenvalue weighted by Crippen LogP contribution is 2.25. The Balaban J connectivity index is 1.51. The quantitative estimate of drug-likeness (QED) is 0.389. The maximum absolute atomic E-state index is 12.5. The van der Waals surface area contributed by atoms with Crippen molar-refractivity contribution in [3.8, 4) is 11.4 Å². The van der Waals surface area contributed by atoms with Crippen molar-refractivity contribution in [1.29, 1.82) is 0 Å². The van der Waals surface area contributed by atoms with E-state index >= 15 is 0 Å². The van der Waals surface area contributed by atoms with Crippen LogP contribution < -0.4 is 0 Å². The molecule has 2 aromatic rings. The summed E-state index contributed by atoms with van der Waals surface area (Å²) in [5.74, 6) is 1.17. The smallest absolute Gasteiger partial charge is 0.410 e. The van der Waals surface area contributed by atoms with E-state index in [1.165, 1.54) is 44.1 Å². The van der Waals surface area contributed by atoms with Crippen molar-refractivity contribution in [3.63, 3.8) is 0 Å². The summed E-state index contributed by atoms with van der Waals surface area (Å²) in [6.07, 6.45) is 11.2. The van der Waals surface area contributed by atoms with Crippen molar-refractivity contribution < 1.29 is 14.1 Å². The summed E-state index contributed by atoms with van der Waals surface area (Å²) >= 11 is 0. The van der Waals surface area contributed by atoms with Gasteiger partial charge in [0, 0.05) is 24.6 Å². The van der Waals surface area contributed by atoms with E-state index in [0.29, 0.717) is 24.7 Å². The van der Waals surface area contributed by atoms with Crippen LogP contribution >= 0.6 is 0 Å². The zero-order valence-electron chi connectivity index (χ0n) is 20.2. The minimum atomic E-state index is -0.497. The average molecular weight is 442 g/mol. The van der Waals surface area contributed by atoms with Crippen molar-refractivity contribution in [2.24, 2.45) is 0 Å². The lowest BCUT2D eigenvalue weighted by molar-refractivity contribution is 0.0222. The number of unbranched alkanes of at least 4 members (excludes halogenated alkanes) is 5. The number of hydrogen-bond acceptors (Lipinski definition) is 5. The van der Waals surface area contributed by atoms with E-state index in [0.717, 1.165) is 24.8 Å². The Bertz CT molecular complexity index is 839. The predicted molar refractivity (Wildman–Crippen MR) is 126 cm³/mol. The van der Waals surface area contributed by atoms with Crippen molar-refractivity contribution in [2.75, 3.05) is 6.54 Å². The number of benzene rings is 1. The molecule has 1 aliphatic rings. The van der Waals surface area contributed by atoms with E-state index in [2.05, 4.69) is 41.3 Å². The first kappa shape index (κ1) is 24.3. The Morgan fingerprint density at radius 2 is 1.84 bits per heavy atom. The Morgan fingerprint density at radius 3 is 2.56 bits per heavy atom. The van der Waals surface area contributed by atoms with Crippen LogP contribution in [0.25, 0.3) is 11.4 Å². The molecule has 0 N–H and O–H groups in total. The van der Waals surface area contributed by atoms with Gasteiger partial charge in [-0.1, -0.05) is 68.4 Å². The minimum Gasteiger partial charge on any atom is -0.444 e. The molecule has 1 aliphatic heterocycles. The molecule has 32 heavy (non-hydrogen) atoms. The second-order valence-electron chi connectivity index (χ2n) is 9.90. The Hall–Kier alpha value is -2.37. The molecule has 1 amide bonds. The van der Waals surface area contributed by atoms with Crippen molar-refractivity contribution >= 4 is 6.09 Å².